The van der Waals surface area contributed by atoms with Gasteiger partial charge in [0, 0.05) is 30.9 Å². The highest BCUT2D eigenvalue weighted by molar-refractivity contribution is 7.99. The van der Waals surface area contributed by atoms with Crippen LogP contribution in [0.3, 0.4) is 0 Å². The molecule has 3 N–H and O–H groups in total. The van der Waals surface area contributed by atoms with Gasteiger partial charge in [-0.05, 0) is 38.5 Å². The standard InChI is InChI=1S/C12H24N2O2S/c1-10-9-11(3-4-13-10)12(16)14-5-8-17-7-2-6-15/h10-11,13,15H,2-9H2,1H3,(H,14,16). The Kier molecular flexibility index (Phi) is 7.64. The molecule has 100 valence electrons. The van der Waals surface area contributed by atoms with Gasteiger partial charge in [0.15, 0.2) is 0 Å². The van der Waals surface area contributed by atoms with E-state index in [0.29, 0.717) is 6.04 Å². The Morgan fingerprint density at radius 2 is 2.35 bits per heavy atom. The third kappa shape index (κ3) is 6.29. The lowest BCUT2D eigenvalue weighted by Crippen LogP contribution is -2.42. The molecule has 0 aromatic carbocycles. The smallest absolute Gasteiger partial charge is 0.223 e. The number of rotatable bonds is 7. The van der Waals surface area contributed by atoms with E-state index in [1.807, 2.05) is 0 Å². The van der Waals surface area contributed by atoms with Crippen LogP contribution in [0.5, 0.6) is 0 Å². The zero-order valence-electron chi connectivity index (χ0n) is 10.6. The van der Waals surface area contributed by atoms with E-state index in [4.69, 9.17) is 5.11 Å². The molecule has 4 nitrogen and oxygen atoms in total. The van der Waals surface area contributed by atoms with Gasteiger partial charge in [0.05, 0.1) is 0 Å². The number of aliphatic hydroxyl groups excluding tert-OH is 1. The van der Waals surface area contributed by atoms with Gasteiger partial charge in [0.1, 0.15) is 0 Å². The Bertz CT molecular complexity index is 227. The molecule has 0 aromatic rings. The number of carbonyl (C=O) groups excluding carboxylic acids is 1. The van der Waals surface area contributed by atoms with Crippen molar-refractivity contribution in [3.8, 4) is 0 Å². The highest BCUT2D eigenvalue weighted by Gasteiger charge is 2.23. The van der Waals surface area contributed by atoms with Gasteiger partial charge in [0.2, 0.25) is 5.91 Å². The van der Waals surface area contributed by atoms with Gasteiger partial charge < -0.3 is 15.7 Å². The third-order valence-corrected chi connectivity index (χ3v) is 4.06. The molecule has 1 aliphatic rings. The van der Waals surface area contributed by atoms with E-state index < -0.39 is 0 Å². The van der Waals surface area contributed by atoms with Crippen molar-refractivity contribution in [2.24, 2.45) is 5.92 Å². The molecule has 2 atom stereocenters. The number of carbonyl (C=O) groups is 1. The van der Waals surface area contributed by atoms with Crippen molar-refractivity contribution >= 4 is 17.7 Å². The second-order valence-corrected chi connectivity index (χ2v) is 5.78. The molecular formula is C12H24N2O2S. The Balaban J connectivity index is 2.04. The number of thioether (sulfide) groups is 1. The Morgan fingerprint density at radius 1 is 1.53 bits per heavy atom. The van der Waals surface area contributed by atoms with E-state index in [9.17, 15) is 4.79 Å². The van der Waals surface area contributed by atoms with Crippen molar-refractivity contribution in [2.45, 2.75) is 32.2 Å². The molecule has 0 aliphatic carbocycles. The average molecular weight is 260 g/mol. The fraction of sp³-hybridized carbons (Fsp3) is 0.917. The largest absolute Gasteiger partial charge is 0.396 e. The van der Waals surface area contributed by atoms with Crippen LogP contribution in [0, 0.1) is 5.92 Å². The van der Waals surface area contributed by atoms with Crippen LogP contribution in [0.25, 0.3) is 0 Å². The van der Waals surface area contributed by atoms with E-state index in [0.717, 1.165) is 43.9 Å². The summed E-state index contributed by atoms with van der Waals surface area (Å²) in [6.45, 7) is 4.08. The summed E-state index contributed by atoms with van der Waals surface area (Å²) in [5.74, 6) is 2.30. The lowest BCUT2D eigenvalue weighted by Gasteiger charge is -2.27. The topological polar surface area (TPSA) is 61.4 Å². The lowest BCUT2D eigenvalue weighted by atomic mass is 9.92. The summed E-state index contributed by atoms with van der Waals surface area (Å²) in [5, 5.41) is 15.0. The quantitative estimate of drug-likeness (QED) is 0.587. The molecule has 5 heteroatoms. The first-order valence-electron chi connectivity index (χ1n) is 6.43. The van der Waals surface area contributed by atoms with Gasteiger partial charge in [-0.15, -0.1) is 0 Å². The first-order chi connectivity index (χ1) is 8.24. The van der Waals surface area contributed by atoms with E-state index in [2.05, 4.69) is 17.6 Å². The van der Waals surface area contributed by atoms with Crippen molar-refractivity contribution in [1.29, 1.82) is 0 Å². The van der Waals surface area contributed by atoms with Crippen LogP contribution in [-0.4, -0.2) is 48.3 Å². The molecule has 1 heterocycles. The van der Waals surface area contributed by atoms with Crippen molar-refractivity contribution in [2.75, 3.05) is 31.2 Å². The summed E-state index contributed by atoms with van der Waals surface area (Å²) in [5.41, 5.74) is 0. The van der Waals surface area contributed by atoms with Gasteiger partial charge in [-0.2, -0.15) is 11.8 Å². The second kappa shape index (κ2) is 8.78. The van der Waals surface area contributed by atoms with Gasteiger partial charge in [-0.25, -0.2) is 0 Å². The van der Waals surface area contributed by atoms with E-state index in [1.54, 1.807) is 11.8 Å². The van der Waals surface area contributed by atoms with E-state index in [-0.39, 0.29) is 18.4 Å². The predicted octanol–water partition coefficient (Wildman–Crippen LogP) is 0.606. The van der Waals surface area contributed by atoms with Crippen LogP contribution in [0.1, 0.15) is 26.2 Å². The Labute approximate surface area is 108 Å². The number of hydrogen-bond donors (Lipinski definition) is 3. The van der Waals surface area contributed by atoms with Gasteiger partial charge >= 0.3 is 0 Å². The molecule has 0 aromatic heterocycles. The summed E-state index contributed by atoms with van der Waals surface area (Å²) >= 11 is 1.78. The molecule has 0 bridgehead atoms. The van der Waals surface area contributed by atoms with Crippen LogP contribution in [-0.2, 0) is 4.79 Å². The van der Waals surface area contributed by atoms with Gasteiger partial charge in [-0.3, -0.25) is 4.79 Å². The van der Waals surface area contributed by atoms with E-state index in [1.165, 1.54) is 0 Å². The summed E-state index contributed by atoms with van der Waals surface area (Å²) in [7, 11) is 0. The first kappa shape index (κ1) is 14.8. The predicted molar refractivity (Wildman–Crippen MR) is 72.2 cm³/mol. The van der Waals surface area contributed by atoms with Crippen LogP contribution in [0.2, 0.25) is 0 Å². The van der Waals surface area contributed by atoms with Crippen LogP contribution >= 0.6 is 11.8 Å². The zero-order valence-corrected chi connectivity index (χ0v) is 11.4. The van der Waals surface area contributed by atoms with Crippen molar-refractivity contribution in [3.63, 3.8) is 0 Å². The fourth-order valence-corrected chi connectivity index (χ4v) is 2.81. The van der Waals surface area contributed by atoms with Crippen LogP contribution in [0.15, 0.2) is 0 Å². The number of piperidine rings is 1. The SMILES string of the molecule is CC1CC(C(=O)NCCSCCCO)CCN1. The summed E-state index contributed by atoms with van der Waals surface area (Å²) < 4.78 is 0. The molecule has 0 radical (unpaired) electrons. The minimum atomic E-state index is 0.189. The lowest BCUT2D eigenvalue weighted by molar-refractivity contribution is -0.125. The highest BCUT2D eigenvalue weighted by atomic mass is 32.2. The van der Waals surface area contributed by atoms with Crippen LogP contribution in [0.4, 0.5) is 0 Å². The zero-order chi connectivity index (χ0) is 12.5. The minimum absolute atomic E-state index is 0.189. The van der Waals surface area contributed by atoms with E-state index >= 15 is 0 Å². The van der Waals surface area contributed by atoms with Gasteiger partial charge in [-0.1, -0.05) is 0 Å². The Morgan fingerprint density at radius 3 is 3.06 bits per heavy atom. The molecule has 1 saturated heterocycles. The molecule has 0 saturated carbocycles. The average Bonchev–Trinajstić information content (AvgIpc) is 2.33. The van der Waals surface area contributed by atoms with Crippen LogP contribution < -0.4 is 10.6 Å². The number of amides is 1. The molecular weight excluding hydrogens is 236 g/mol. The number of aliphatic hydroxyl groups is 1. The molecule has 1 fully saturated rings. The summed E-state index contributed by atoms with van der Waals surface area (Å²) in [6, 6.07) is 0.457. The maximum Gasteiger partial charge on any atom is 0.223 e. The second-order valence-electron chi connectivity index (χ2n) is 4.56. The molecule has 1 rings (SSSR count). The maximum atomic E-state index is 11.8. The molecule has 2 unspecified atom stereocenters. The molecule has 17 heavy (non-hydrogen) atoms. The van der Waals surface area contributed by atoms with Crippen molar-refractivity contribution < 1.29 is 9.90 Å². The minimum Gasteiger partial charge on any atom is -0.396 e. The Hall–Kier alpha value is -0.260. The van der Waals surface area contributed by atoms with Crippen molar-refractivity contribution in [3.05, 3.63) is 0 Å². The molecule has 0 spiro atoms. The third-order valence-electron chi connectivity index (χ3n) is 2.99. The molecule has 1 aliphatic heterocycles. The maximum absolute atomic E-state index is 11.8. The van der Waals surface area contributed by atoms with Gasteiger partial charge in [0.25, 0.3) is 0 Å². The first-order valence-corrected chi connectivity index (χ1v) is 7.59. The fourth-order valence-electron chi connectivity index (χ4n) is 2.03. The number of hydrogen-bond acceptors (Lipinski definition) is 4. The highest BCUT2D eigenvalue weighted by Crippen LogP contribution is 2.15. The normalized spacial score (nSPS) is 24.6. The number of nitrogens with one attached hydrogen (secondary N) is 2. The van der Waals surface area contributed by atoms with Crippen molar-refractivity contribution in [1.82, 2.24) is 10.6 Å². The summed E-state index contributed by atoms with van der Waals surface area (Å²) in [4.78, 5) is 11.8. The summed E-state index contributed by atoms with van der Waals surface area (Å²) in [6.07, 6.45) is 2.74. The monoisotopic (exact) mass is 260 g/mol. The molecule has 1 amide bonds.